The summed E-state index contributed by atoms with van der Waals surface area (Å²) in [4.78, 5) is 4.14. The molecule has 0 N–H and O–H groups in total. The summed E-state index contributed by atoms with van der Waals surface area (Å²) in [6.07, 6.45) is 0.108. The summed E-state index contributed by atoms with van der Waals surface area (Å²) in [6, 6.07) is 14.1. The van der Waals surface area contributed by atoms with Crippen molar-refractivity contribution in [3.63, 3.8) is 0 Å². The number of ether oxygens (including phenoxy) is 3. The molecular weight excluding hydrogens is 374 g/mol. The summed E-state index contributed by atoms with van der Waals surface area (Å²) < 4.78 is 16.5. The fraction of sp³-hybridized carbons (Fsp3) is 0.333. The van der Waals surface area contributed by atoms with Gasteiger partial charge in [0, 0.05) is 37.0 Å². The number of anilines is 2. The Morgan fingerprint density at radius 1 is 1.11 bits per heavy atom. The van der Waals surface area contributed by atoms with Gasteiger partial charge in [-0.2, -0.15) is 10.5 Å². The monoisotopic (exact) mass is 395 g/mol. The quantitative estimate of drug-likeness (QED) is 0.641. The molecule has 6 nitrogen and oxygen atoms in total. The van der Waals surface area contributed by atoms with E-state index in [2.05, 4.69) is 36.1 Å². The number of fused-ring (bicyclic) bond motifs is 2. The second-order valence-electron chi connectivity index (χ2n) is 6.05. The molecule has 0 aliphatic carbocycles. The van der Waals surface area contributed by atoms with E-state index in [1.54, 1.807) is 32.0 Å². The molecule has 0 radical (unpaired) electrons. The molecule has 1 heterocycles. The predicted octanol–water partition coefficient (Wildman–Crippen LogP) is 4.44. The molecule has 0 unspecified atom stereocenters. The summed E-state index contributed by atoms with van der Waals surface area (Å²) in [5.74, 6) is 0.436. The van der Waals surface area contributed by atoms with Crippen molar-refractivity contribution in [1.29, 1.82) is 10.5 Å². The lowest BCUT2D eigenvalue weighted by atomic mass is 10.0. The van der Waals surface area contributed by atoms with Crippen LogP contribution >= 0.6 is 11.8 Å². The average molecular weight is 395 g/mol. The molecule has 1 aliphatic heterocycles. The highest BCUT2D eigenvalue weighted by atomic mass is 32.2. The van der Waals surface area contributed by atoms with E-state index in [-0.39, 0.29) is 5.56 Å². The molecule has 2 aromatic rings. The Kier molecular flexibility index (Phi) is 6.43. The largest absolute Gasteiger partial charge is 0.490 e. The van der Waals surface area contributed by atoms with Crippen molar-refractivity contribution in [2.24, 2.45) is 0 Å². The molecule has 0 fully saturated rings. The van der Waals surface area contributed by atoms with Crippen LogP contribution in [0.1, 0.15) is 24.5 Å². The highest BCUT2D eigenvalue weighted by Crippen LogP contribution is 2.53. The minimum absolute atomic E-state index is 0.256. The Hall–Kier alpha value is -2.71. The van der Waals surface area contributed by atoms with Crippen molar-refractivity contribution in [3.8, 4) is 17.9 Å². The van der Waals surface area contributed by atoms with Crippen molar-refractivity contribution in [2.45, 2.75) is 29.4 Å². The molecule has 0 spiro atoms. The van der Waals surface area contributed by atoms with Gasteiger partial charge >= 0.3 is 0 Å². The molecule has 0 saturated carbocycles. The molecule has 0 atom stereocenters. The molecule has 7 heteroatoms. The lowest BCUT2D eigenvalue weighted by Crippen LogP contribution is -2.23. The van der Waals surface area contributed by atoms with Crippen LogP contribution in [0, 0.1) is 22.7 Å². The molecule has 0 bridgehead atoms. The minimum Gasteiger partial charge on any atom is -0.490 e. The molecule has 144 valence electrons. The van der Waals surface area contributed by atoms with Gasteiger partial charge in [0.25, 0.3) is 0 Å². The Morgan fingerprint density at radius 3 is 2.50 bits per heavy atom. The van der Waals surface area contributed by atoms with Crippen LogP contribution in [0.5, 0.6) is 5.75 Å². The molecule has 0 amide bonds. The Labute approximate surface area is 169 Å². The van der Waals surface area contributed by atoms with Crippen molar-refractivity contribution < 1.29 is 14.2 Å². The van der Waals surface area contributed by atoms with E-state index in [9.17, 15) is 10.5 Å². The van der Waals surface area contributed by atoms with Crippen molar-refractivity contribution in [1.82, 2.24) is 0 Å². The summed E-state index contributed by atoms with van der Waals surface area (Å²) in [6.45, 7) is 3.05. The lowest BCUT2D eigenvalue weighted by molar-refractivity contribution is -0.110. The van der Waals surface area contributed by atoms with Gasteiger partial charge in [0.15, 0.2) is 12.0 Å². The maximum absolute atomic E-state index is 9.73. The van der Waals surface area contributed by atoms with E-state index < -0.39 is 6.29 Å². The zero-order chi connectivity index (χ0) is 20.1. The van der Waals surface area contributed by atoms with E-state index in [0.717, 1.165) is 21.2 Å². The van der Waals surface area contributed by atoms with Crippen LogP contribution in [-0.2, 0) is 9.47 Å². The zero-order valence-electron chi connectivity index (χ0n) is 16.1. The minimum atomic E-state index is -0.391. The topological polar surface area (TPSA) is 78.5 Å². The normalized spacial score (nSPS) is 12.1. The number of nitrogens with zero attached hydrogens (tertiary/aromatic N) is 3. The molecule has 28 heavy (non-hydrogen) atoms. The van der Waals surface area contributed by atoms with Crippen molar-refractivity contribution >= 4 is 23.1 Å². The van der Waals surface area contributed by atoms with Crippen LogP contribution in [0.25, 0.3) is 0 Å². The van der Waals surface area contributed by atoms with Gasteiger partial charge < -0.3 is 19.1 Å². The van der Waals surface area contributed by atoms with Crippen molar-refractivity contribution in [2.75, 3.05) is 32.3 Å². The first-order chi connectivity index (χ1) is 13.7. The fourth-order valence-electron chi connectivity index (χ4n) is 3.22. The van der Waals surface area contributed by atoms with Gasteiger partial charge in [-0.3, -0.25) is 0 Å². The third-order valence-corrected chi connectivity index (χ3v) is 5.64. The third-order valence-electron chi connectivity index (χ3n) is 4.54. The van der Waals surface area contributed by atoms with Crippen LogP contribution in [0.3, 0.4) is 0 Å². The molecular formula is C21H21N3O3S. The number of rotatable bonds is 7. The van der Waals surface area contributed by atoms with Gasteiger partial charge in [0.05, 0.1) is 23.5 Å². The number of hydrogen-bond acceptors (Lipinski definition) is 7. The average Bonchev–Trinajstić information content (AvgIpc) is 2.74. The van der Waals surface area contributed by atoms with Gasteiger partial charge in [-0.15, -0.1) is 0 Å². The summed E-state index contributed by atoms with van der Waals surface area (Å²) in [5, 5.41) is 19.3. The molecule has 3 rings (SSSR count). The van der Waals surface area contributed by atoms with Gasteiger partial charge in [-0.05, 0) is 25.1 Å². The highest BCUT2D eigenvalue weighted by molar-refractivity contribution is 7.99. The standard InChI is InChI=1S/C21H21N3O3S/c1-4-24-16-7-5-6-8-17(16)28-18-11-14(12-22)15(13-23)21(20(18)24)27-10-9-19(25-2)26-3/h5-8,11,19H,4,9-10H2,1-3H3. The molecule has 2 aromatic carbocycles. The number of hydrogen-bond donors (Lipinski definition) is 0. The van der Waals surface area contributed by atoms with E-state index in [4.69, 9.17) is 14.2 Å². The van der Waals surface area contributed by atoms with Crippen LogP contribution < -0.4 is 9.64 Å². The van der Waals surface area contributed by atoms with Crippen LogP contribution in [0.2, 0.25) is 0 Å². The van der Waals surface area contributed by atoms with E-state index in [1.807, 2.05) is 12.1 Å². The Morgan fingerprint density at radius 2 is 1.86 bits per heavy atom. The van der Waals surface area contributed by atoms with Gasteiger partial charge in [-0.25, -0.2) is 0 Å². The maximum Gasteiger partial charge on any atom is 0.163 e. The highest BCUT2D eigenvalue weighted by Gasteiger charge is 2.29. The first-order valence-electron chi connectivity index (χ1n) is 8.92. The van der Waals surface area contributed by atoms with Crippen LogP contribution in [-0.4, -0.2) is 33.7 Å². The SMILES string of the molecule is CCN1c2ccccc2Sc2cc(C#N)c(C#N)c(OCCC(OC)OC)c21. The zero-order valence-corrected chi connectivity index (χ0v) is 16.9. The second-order valence-corrected chi connectivity index (χ2v) is 7.13. The van der Waals surface area contributed by atoms with Crippen LogP contribution in [0.15, 0.2) is 40.1 Å². The maximum atomic E-state index is 9.73. The smallest absolute Gasteiger partial charge is 0.163 e. The van der Waals surface area contributed by atoms with Crippen molar-refractivity contribution in [3.05, 3.63) is 41.5 Å². The van der Waals surface area contributed by atoms with Gasteiger partial charge in [-0.1, -0.05) is 23.9 Å². The lowest BCUT2D eigenvalue weighted by Gasteiger charge is -2.34. The predicted molar refractivity (Wildman–Crippen MR) is 107 cm³/mol. The number of para-hydroxylation sites is 1. The van der Waals surface area contributed by atoms with E-state index in [0.29, 0.717) is 30.9 Å². The fourth-order valence-corrected chi connectivity index (χ4v) is 4.36. The van der Waals surface area contributed by atoms with Gasteiger partial charge in [0.1, 0.15) is 17.7 Å². The molecule has 0 saturated heterocycles. The number of benzene rings is 2. The molecule has 1 aliphatic rings. The second kappa shape index (κ2) is 8.99. The summed E-state index contributed by atoms with van der Waals surface area (Å²) in [7, 11) is 3.14. The van der Waals surface area contributed by atoms with E-state index in [1.165, 1.54) is 0 Å². The first kappa shape index (κ1) is 20.0. The first-order valence-corrected chi connectivity index (χ1v) is 9.74. The van der Waals surface area contributed by atoms with Crippen LogP contribution in [0.4, 0.5) is 11.4 Å². The number of nitriles is 2. The van der Waals surface area contributed by atoms with E-state index >= 15 is 0 Å². The van der Waals surface area contributed by atoms with Gasteiger partial charge in [0.2, 0.25) is 0 Å². The third kappa shape index (κ3) is 3.65. The Balaban J connectivity index is 2.08. The summed E-state index contributed by atoms with van der Waals surface area (Å²) in [5.41, 5.74) is 2.46. The number of methoxy groups -OCH3 is 2. The Bertz CT molecular complexity index is 945. The summed E-state index contributed by atoms with van der Waals surface area (Å²) >= 11 is 1.58. The molecule has 0 aromatic heterocycles.